The van der Waals surface area contributed by atoms with E-state index in [-0.39, 0.29) is 31.8 Å². The first kappa shape index (κ1) is 61.6. The number of hydrogen-bond acceptors (Lipinski definition) is 9. The van der Waals surface area contributed by atoms with Gasteiger partial charge >= 0.3 is 12.1 Å². The van der Waals surface area contributed by atoms with Gasteiger partial charge in [-0.25, -0.2) is 9.78 Å². The lowest BCUT2D eigenvalue weighted by molar-refractivity contribution is -0.139. The second-order valence-corrected chi connectivity index (χ2v) is 22.9. The first-order valence-electron chi connectivity index (χ1n) is 29.7. The molecule has 9 aromatic rings. The van der Waals surface area contributed by atoms with Crippen molar-refractivity contribution in [1.82, 2.24) is 36.1 Å². The zero-order valence-electron chi connectivity index (χ0n) is 49.8. The first-order valence-corrected chi connectivity index (χ1v) is 29.7. The summed E-state index contributed by atoms with van der Waals surface area (Å²) < 4.78 is 14.2. The lowest BCUT2D eigenvalue weighted by atomic mass is 9.77. The monoisotopic (exact) mass is 1190 g/mol. The third kappa shape index (κ3) is 14.2. The lowest BCUT2D eigenvalue weighted by Gasteiger charge is -2.37. The highest BCUT2D eigenvalue weighted by Gasteiger charge is 2.41. The van der Waals surface area contributed by atoms with Crippen molar-refractivity contribution in [3.05, 3.63) is 293 Å². The van der Waals surface area contributed by atoms with Crippen molar-refractivity contribution in [3.8, 4) is 11.1 Å². The van der Waals surface area contributed by atoms with E-state index in [9.17, 15) is 29.1 Å². The molecule has 10 rings (SSSR count). The highest BCUT2D eigenvalue weighted by atomic mass is 16.5. The second-order valence-electron chi connectivity index (χ2n) is 22.9. The number of nitrogens with zero attached hydrogens (tertiary/aromatic N) is 2. The predicted molar refractivity (Wildman–Crippen MR) is 339 cm³/mol. The third-order valence-corrected chi connectivity index (χ3v) is 15.9. The number of ether oxygens (including phenoxy) is 2. The number of carboxylic acids is 1. The molecule has 452 valence electrons. The van der Waals surface area contributed by atoms with Crippen LogP contribution in [0.15, 0.2) is 243 Å². The molecule has 0 fully saturated rings. The van der Waals surface area contributed by atoms with Crippen LogP contribution < -0.4 is 26.6 Å². The minimum atomic E-state index is -1.53. The number of amides is 5. The van der Waals surface area contributed by atoms with Crippen molar-refractivity contribution in [2.45, 2.75) is 80.8 Å². The molecule has 1 aromatic heterocycles. The number of hydrogen-bond donors (Lipinski definition) is 6. The number of alkyl carbamates (subject to hydrolysis) is 1. The number of aromatic nitrogens is 2. The van der Waals surface area contributed by atoms with Gasteiger partial charge in [0.2, 0.25) is 23.6 Å². The van der Waals surface area contributed by atoms with Crippen LogP contribution in [-0.2, 0) is 50.9 Å². The highest BCUT2D eigenvalue weighted by Crippen LogP contribution is 2.45. The van der Waals surface area contributed by atoms with Crippen LogP contribution in [-0.4, -0.2) is 93.8 Å². The van der Waals surface area contributed by atoms with Gasteiger partial charge in [0.1, 0.15) is 42.4 Å². The number of rotatable bonds is 25. The zero-order chi connectivity index (χ0) is 62.4. The molecule has 0 aliphatic heterocycles. The van der Waals surface area contributed by atoms with Crippen LogP contribution in [0.2, 0.25) is 0 Å². The van der Waals surface area contributed by atoms with Crippen LogP contribution in [0.1, 0.15) is 89.7 Å². The Morgan fingerprint density at radius 1 is 0.528 bits per heavy atom. The van der Waals surface area contributed by atoms with Gasteiger partial charge in [-0.3, -0.25) is 24.0 Å². The van der Waals surface area contributed by atoms with Gasteiger partial charge in [0.15, 0.2) is 0 Å². The molecule has 5 amide bonds. The Bertz CT molecular complexity index is 3640. The number of carbonyl (C=O) groups is 6. The summed E-state index contributed by atoms with van der Waals surface area (Å²) in [6.45, 7) is 4.04. The van der Waals surface area contributed by atoms with E-state index in [1.54, 1.807) is 27.1 Å². The normalized spacial score (nSPS) is 13.1. The third-order valence-electron chi connectivity index (χ3n) is 15.9. The molecule has 16 nitrogen and oxygen atoms in total. The van der Waals surface area contributed by atoms with E-state index in [1.165, 1.54) is 0 Å². The van der Waals surface area contributed by atoms with Crippen molar-refractivity contribution in [2.24, 2.45) is 0 Å². The average Bonchev–Trinajstić information content (AvgIpc) is 1.82. The van der Waals surface area contributed by atoms with Crippen LogP contribution in [0.4, 0.5) is 4.79 Å². The molecule has 6 N–H and O–H groups in total. The molecular formula is C73H71N7O9. The number of carboxylic acid groups (broad SMARTS) is 1. The fourth-order valence-electron chi connectivity index (χ4n) is 11.8. The van der Waals surface area contributed by atoms with Crippen LogP contribution in [0, 0.1) is 0 Å². The van der Waals surface area contributed by atoms with Gasteiger partial charge in [-0.2, -0.15) is 0 Å². The van der Waals surface area contributed by atoms with Gasteiger partial charge in [0.05, 0.1) is 24.2 Å². The van der Waals surface area contributed by atoms with Crippen molar-refractivity contribution in [1.29, 1.82) is 0 Å². The number of nitrogens with one attached hydrogen (secondary N) is 5. The largest absolute Gasteiger partial charge is 0.480 e. The number of fused-ring (bicyclic) bond motifs is 3. The van der Waals surface area contributed by atoms with Gasteiger partial charge in [0.25, 0.3) is 0 Å². The molecule has 16 heteroatoms. The Kier molecular flexibility index (Phi) is 19.3. The molecule has 0 saturated carbocycles. The smallest absolute Gasteiger partial charge is 0.407 e. The van der Waals surface area contributed by atoms with E-state index < -0.39 is 83.6 Å². The van der Waals surface area contributed by atoms with E-state index in [0.29, 0.717) is 5.69 Å². The topological polar surface area (TPSA) is 219 Å². The van der Waals surface area contributed by atoms with E-state index in [1.807, 2.05) is 241 Å². The van der Waals surface area contributed by atoms with Crippen LogP contribution in [0.5, 0.6) is 0 Å². The van der Waals surface area contributed by atoms with Gasteiger partial charge in [-0.15, -0.1) is 0 Å². The molecule has 1 heterocycles. The lowest BCUT2D eigenvalue weighted by Crippen LogP contribution is -2.59. The quantitative estimate of drug-likeness (QED) is 0.0298. The molecule has 1 aliphatic rings. The molecule has 1 aliphatic carbocycles. The summed E-state index contributed by atoms with van der Waals surface area (Å²) in [5, 5.41) is 23.6. The van der Waals surface area contributed by atoms with E-state index in [2.05, 4.69) is 26.6 Å². The van der Waals surface area contributed by atoms with Gasteiger partial charge in [0, 0.05) is 25.0 Å². The van der Waals surface area contributed by atoms with Gasteiger partial charge in [-0.05, 0) is 82.8 Å². The number of benzene rings is 8. The summed E-state index contributed by atoms with van der Waals surface area (Å²) in [4.78, 5) is 89.9. The Morgan fingerprint density at radius 2 is 0.955 bits per heavy atom. The van der Waals surface area contributed by atoms with Crippen molar-refractivity contribution in [3.63, 3.8) is 0 Å². The van der Waals surface area contributed by atoms with Crippen LogP contribution >= 0.6 is 0 Å². The Balaban J connectivity index is 0.952. The van der Waals surface area contributed by atoms with Crippen molar-refractivity contribution < 1.29 is 43.3 Å². The SMILES string of the molecule is CC(C)(C)OC[C@H](NC(=O)[C@H](Cc1cn(C(c2ccccc2)(c2ccccc2)c2ccccc2)cn1)NC(=O)OCC1c2ccccc2-c2ccccc21)C(=O)N[C@@H](CCC(=O)NC(c1ccccc1)(c1ccccc1)c1ccccc1)C(=O)NCC(=O)O. The molecule has 0 spiro atoms. The summed E-state index contributed by atoms with van der Waals surface area (Å²) in [7, 11) is 0. The molecule has 0 radical (unpaired) electrons. The number of aliphatic carboxylic acids is 1. The first-order chi connectivity index (χ1) is 43.1. The predicted octanol–water partition coefficient (Wildman–Crippen LogP) is 10.0. The number of imidazole rings is 1. The minimum Gasteiger partial charge on any atom is -0.480 e. The highest BCUT2D eigenvalue weighted by molar-refractivity contribution is 5.95. The fourth-order valence-corrected chi connectivity index (χ4v) is 11.8. The standard InChI is InChI=1S/C73H71N7O9/c1-71(2,3)89-48-64(69(86)76-62(67(84)74-45-66(82)83)42-43-65(81)79-72(50-26-10-4-11-27-50,51-28-12-5-13-29-51)52-30-14-6-15-31-52)77-68(85)63(78-70(87)88-47-61-59-40-24-22-38-57(59)58-39-23-25-41-60(58)61)44-56-46-80(49-75-56)73(53-32-16-7-17-33-53,54-34-18-8-19-35-54)55-36-20-9-21-37-55/h4-41,46,49,61-64H,42-45,47-48H2,1-3H3,(H,74,84)(H,76,86)(H,77,85)(H,78,87)(H,79,81)(H,82,83)/t62-,63-,64-/m0/s1. The molecule has 0 bridgehead atoms. The molecule has 89 heavy (non-hydrogen) atoms. The maximum atomic E-state index is 15.2. The van der Waals surface area contributed by atoms with Crippen LogP contribution in [0.25, 0.3) is 11.1 Å². The molecule has 3 atom stereocenters. The van der Waals surface area contributed by atoms with Crippen LogP contribution in [0.3, 0.4) is 0 Å². The molecule has 8 aromatic carbocycles. The zero-order valence-corrected chi connectivity index (χ0v) is 49.8. The maximum Gasteiger partial charge on any atom is 0.407 e. The summed E-state index contributed by atoms with van der Waals surface area (Å²) in [6, 6.07) is 69.7. The summed E-state index contributed by atoms with van der Waals surface area (Å²) in [5.41, 5.74) is 6.46. The maximum absolute atomic E-state index is 15.2. The Labute approximate surface area is 517 Å². The van der Waals surface area contributed by atoms with Gasteiger partial charge in [-0.1, -0.05) is 231 Å². The Morgan fingerprint density at radius 3 is 1.42 bits per heavy atom. The number of carbonyl (C=O) groups excluding carboxylic acids is 5. The summed E-state index contributed by atoms with van der Waals surface area (Å²) in [5.74, 6) is -4.74. The summed E-state index contributed by atoms with van der Waals surface area (Å²) >= 11 is 0. The average molecular weight is 1190 g/mol. The fraction of sp³-hybridized carbons (Fsp3) is 0.219. The van der Waals surface area contributed by atoms with Crippen molar-refractivity contribution in [2.75, 3.05) is 19.8 Å². The Hall–Kier alpha value is -10.5. The van der Waals surface area contributed by atoms with Gasteiger partial charge < -0.3 is 45.7 Å². The van der Waals surface area contributed by atoms with E-state index in [0.717, 1.165) is 55.6 Å². The second kappa shape index (κ2) is 27.9. The molecule has 0 saturated heterocycles. The van der Waals surface area contributed by atoms with E-state index in [4.69, 9.17) is 14.5 Å². The molecule has 0 unspecified atom stereocenters. The molecular weight excluding hydrogens is 1120 g/mol. The minimum absolute atomic E-state index is 0.0594. The van der Waals surface area contributed by atoms with E-state index >= 15 is 4.79 Å². The summed E-state index contributed by atoms with van der Waals surface area (Å²) in [6.07, 6.45) is 1.79. The van der Waals surface area contributed by atoms with Crippen molar-refractivity contribution >= 4 is 35.7 Å².